The molecule has 0 bridgehead atoms. The van der Waals surface area contributed by atoms with E-state index in [1.54, 1.807) is 0 Å². The fourth-order valence-electron chi connectivity index (χ4n) is 3.97. The number of ether oxygens (including phenoxy) is 2. The first-order chi connectivity index (χ1) is 16.0. The van der Waals surface area contributed by atoms with Gasteiger partial charge in [-0.1, -0.05) is 68.4 Å². The van der Waals surface area contributed by atoms with E-state index in [4.69, 9.17) is 14.6 Å². The van der Waals surface area contributed by atoms with Gasteiger partial charge in [0, 0.05) is 6.61 Å². The summed E-state index contributed by atoms with van der Waals surface area (Å²) in [5, 5.41) is 8.52. The predicted molar refractivity (Wildman–Crippen MR) is 131 cm³/mol. The van der Waals surface area contributed by atoms with Gasteiger partial charge in [0.05, 0.1) is 19.4 Å². The average Bonchev–Trinajstić information content (AvgIpc) is 2.83. The number of hydrogen-bond donors (Lipinski definition) is 1. The molecule has 5 nitrogen and oxygen atoms in total. The molecule has 0 fully saturated rings. The Morgan fingerprint density at radius 3 is 2.27 bits per heavy atom. The van der Waals surface area contributed by atoms with E-state index in [1.165, 1.54) is 16.7 Å². The number of carboxylic acids is 1. The van der Waals surface area contributed by atoms with Crippen LogP contribution in [0.4, 0.5) is 0 Å². The molecule has 0 aromatic heterocycles. The van der Waals surface area contributed by atoms with E-state index < -0.39 is 11.9 Å². The molecule has 0 saturated heterocycles. The highest BCUT2D eigenvalue weighted by atomic mass is 16.6. The SMILES string of the molecule is CCC(CC(C)c1ccccc1)c1ccc(CCCCOCCOC(=O)CCC(=O)O)cc1. The summed E-state index contributed by atoms with van der Waals surface area (Å²) >= 11 is 0. The molecule has 5 heteroatoms. The van der Waals surface area contributed by atoms with E-state index >= 15 is 0 Å². The van der Waals surface area contributed by atoms with Crippen LogP contribution in [0.5, 0.6) is 0 Å². The normalized spacial score (nSPS) is 12.8. The van der Waals surface area contributed by atoms with Crippen molar-refractivity contribution in [1.82, 2.24) is 0 Å². The Bertz CT molecular complexity index is 816. The quantitative estimate of drug-likeness (QED) is 0.244. The van der Waals surface area contributed by atoms with Crippen LogP contribution in [-0.2, 0) is 25.5 Å². The van der Waals surface area contributed by atoms with Crippen LogP contribution in [-0.4, -0.2) is 36.9 Å². The Balaban J connectivity index is 1.62. The first kappa shape index (κ1) is 26.6. The molecule has 0 aliphatic heterocycles. The molecule has 2 aromatic rings. The van der Waals surface area contributed by atoms with Crippen molar-refractivity contribution in [2.24, 2.45) is 0 Å². The van der Waals surface area contributed by atoms with Crippen LogP contribution in [0.2, 0.25) is 0 Å². The van der Waals surface area contributed by atoms with E-state index in [2.05, 4.69) is 68.4 Å². The Morgan fingerprint density at radius 2 is 1.61 bits per heavy atom. The summed E-state index contributed by atoms with van der Waals surface area (Å²) in [6.45, 7) is 5.72. The molecule has 1 N–H and O–H groups in total. The van der Waals surface area contributed by atoms with Gasteiger partial charge in [-0.2, -0.15) is 0 Å². The minimum Gasteiger partial charge on any atom is -0.481 e. The molecule has 2 atom stereocenters. The lowest BCUT2D eigenvalue weighted by Crippen LogP contribution is -2.12. The molecule has 2 unspecified atom stereocenters. The topological polar surface area (TPSA) is 72.8 Å². The van der Waals surface area contributed by atoms with Crippen molar-refractivity contribution in [2.75, 3.05) is 19.8 Å². The molecule has 0 radical (unpaired) electrons. The van der Waals surface area contributed by atoms with Crippen molar-refractivity contribution >= 4 is 11.9 Å². The smallest absolute Gasteiger partial charge is 0.306 e. The van der Waals surface area contributed by atoms with Crippen LogP contribution in [0.1, 0.15) is 80.9 Å². The fraction of sp³-hybridized carbons (Fsp3) is 0.500. The third-order valence-electron chi connectivity index (χ3n) is 5.99. The Kier molecular flexibility index (Phi) is 12.3. The van der Waals surface area contributed by atoms with Crippen LogP contribution < -0.4 is 0 Å². The molecular weight excluding hydrogens is 416 g/mol. The zero-order chi connectivity index (χ0) is 23.9. The number of hydrogen-bond acceptors (Lipinski definition) is 4. The maximum absolute atomic E-state index is 11.3. The second-order valence-corrected chi connectivity index (χ2v) is 8.58. The van der Waals surface area contributed by atoms with Crippen LogP contribution in [0, 0.1) is 0 Å². The largest absolute Gasteiger partial charge is 0.481 e. The van der Waals surface area contributed by atoms with Gasteiger partial charge in [-0.25, -0.2) is 0 Å². The number of unbranched alkanes of at least 4 members (excludes halogenated alkanes) is 1. The summed E-state index contributed by atoms with van der Waals surface area (Å²) in [4.78, 5) is 21.7. The lowest BCUT2D eigenvalue weighted by molar-refractivity contribution is -0.148. The average molecular weight is 455 g/mol. The van der Waals surface area contributed by atoms with Crippen molar-refractivity contribution in [3.63, 3.8) is 0 Å². The Hall–Kier alpha value is -2.66. The van der Waals surface area contributed by atoms with Crippen LogP contribution >= 0.6 is 0 Å². The summed E-state index contributed by atoms with van der Waals surface area (Å²) in [5.74, 6) is -0.380. The monoisotopic (exact) mass is 454 g/mol. The molecule has 0 aliphatic carbocycles. The Labute approximate surface area is 198 Å². The first-order valence-corrected chi connectivity index (χ1v) is 12.1. The predicted octanol–water partition coefficient (Wildman–Crippen LogP) is 6.12. The van der Waals surface area contributed by atoms with Crippen molar-refractivity contribution in [2.45, 2.75) is 70.6 Å². The van der Waals surface area contributed by atoms with E-state index in [-0.39, 0.29) is 19.4 Å². The lowest BCUT2D eigenvalue weighted by atomic mass is 9.84. The zero-order valence-electron chi connectivity index (χ0n) is 20.0. The van der Waals surface area contributed by atoms with Gasteiger partial charge in [-0.15, -0.1) is 0 Å². The number of carbonyl (C=O) groups is 2. The summed E-state index contributed by atoms with van der Waals surface area (Å²) in [5.41, 5.74) is 4.17. The van der Waals surface area contributed by atoms with E-state index in [1.807, 2.05) is 0 Å². The van der Waals surface area contributed by atoms with E-state index in [0.717, 1.165) is 32.1 Å². The highest BCUT2D eigenvalue weighted by molar-refractivity contribution is 5.76. The second-order valence-electron chi connectivity index (χ2n) is 8.58. The third-order valence-corrected chi connectivity index (χ3v) is 5.99. The number of esters is 1. The van der Waals surface area contributed by atoms with E-state index in [9.17, 15) is 9.59 Å². The maximum Gasteiger partial charge on any atom is 0.306 e. The lowest BCUT2D eigenvalue weighted by Gasteiger charge is -2.21. The Morgan fingerprint density at radius 1 is 0.879 bits per heavy atom. The summed E-state index contributed by atoms with van der Waals surface area (Å²) < 4.78 is 10.4. The standard InChI is InChI=1S/C28H38O5/c1-3-24(21-22(2)25-10-5-4-6-11-25)26-14-12-23(13-15-26)9-7-8-18-32-19-20-33-28(31)17-16-27(29)30/h4-6,10-15,22,24H,3,7-9,16-21H2,1-2H3,(H,29,30). The van der Waals surface area contributed by atoms with Gasteiger partial charge in [0.15, 0.2) is 0 Å². The molecule has 0 spiro atoms. The highest BCUT2D eigenvalue weighted by Crippen LogP contribution is 2.32. The molecule has 2 aromatic carbocycles. The van der Waals surface area contributed by atoms with Gasteiger partial charge in [0.1, 0.15) is 6.61 Å². The minimum atomic E-state index is -0.999. The molecule has 0 aliphatic rings. The number of carbonyl (C=O) groups excluding carboxylic acids is 1. The van der Waals surface area contributed by atoms with E-state index in [0.29, 0.717) is 25.0 Å². The number of aryl methyl sites for hydroxylation is 1. The molecule has 33 heavy (non-hydrogen) atoms. The van der Waals surface area contributed by atoms with Crippen molar-refractivity contribution < 1.29 is 24.2 Å². The second kappa shape index (κ2) is 15.2. The maximum atomic E-state index is 11.3. The molecular formula is C28H38O5. The molecule has 0 saturated carbocycles. The van der Waals surface area contributed by atoms with Crippen LogP contribution in [0.15, 0.2) is 54.6 Å². The fourth-order valence-corrected chi connectivity index (χ4v) is 3.97. The van der Waals surface area contributed by atoms with Crippen molar-refractivity contribution in [3.8, 4) is 0 Å². The summed E-state index contributed by atoms with van der Waals surface area (Å²) in [6, 6.07) is 19.8. The van der Waals surface area contributed by atoms with Crippen LogP contribution in [0.25, 0.3) is 0 Å². The van der Waals surface area contributed by atoms with Gasteiger partial charge in [0.2, 0.25) is 0 Å². The van der Waals surface area contributed by atoms with Crippen LogP contribution in [0.3, 0.4) is 0 Å². The van der Waals surface area contributed by atoms with Gasteiger partial charge < -0.3 is 14.6 Å². The zero-order valence-corrected chi connectivity index (χ0v) is 20.0. The number of carboxylic acid groups (broad SMARTS) is 1. The molecule has 0 amide bonds. The van der Waals surface area contributed by atoms with Gasteiger partial charge in [-0.05, 0) is 60.6 Å². The van der Waals surface area contributed by atoms with Gasteiger partial charge in [0.25, 0.3) is 0 Å². The van der Waals surface area contributed by atoms with Crippen molar-refractivity contribution in [3.05, 3.63) is 71.3 Å². The number of benzene rings is 2. The molecule has 0 heterocycles. The van der Waals surface area contributed by atoms with Gasteiger partial charge in [-0.3, -0.25) is 9.59 Å². The third kappa shape index (κ3) is 10.7. The number of rotatable bonds is 16. The summed E-state index contributed by atoms with van der Waals surface area (Å²) in [6.07, 6.45) is 5.01. The highest BCUT2D eigenvalue weighted by Gasteiger charge is 2.15. The minimum absolute atomic E-state index is 0.0980. The molecule has 180 valence electrons. The molecule has 2 rings (SSSR count). The van der Waals surface area contributed by atoms with Gasteiger partial charge >= 0.3 is 11.9 Å². The summed E-state index contributed by atoms with van der Waals surface area (Å²) in [7, 11) is 0. The van der Waals surface area contributed by atoms with Crippen molar-refractivity contribution in [1.29, 1.82) is 0 Å². The number of aliphatic carboxylic acids is 1. The first-order valence-electron chi connectivity index (χ1n) is 12.1.